The Balaban J connectivity index is 1.36. The summed E-state index contributed by atoms with van der Waals surface area (Å²) in [6.45, 7) is 9.09. The molecule has 1 aliphatic heterocycles. The lowest BCUT2D eigenvalue weighted by Crippen LogP contribution is -2.48. The molecule has 1 fully saturated rings. The lowest BCUT2D eigenvalue weighted by Gasteiger charge is -2.44. The van der Waals surface area contributed by atoms with Gasteiger partial charge in [0.15, 0.2) is 5.82 Å². The first-order valence-corrected chi connectivity index (χ1v) is 14.9. The Bertz CT molecular complexity index is 1610. The summed E-state index contributed by atoms with van der Waals surface area (Å²) < 4.78 is 32.9. The molecule has 0 saturated carbocycles. The Morgan fingerprint density at radius 2 is 1.93 bits per heavy atom. The summed E-state index contributed by atoms with van der Waals surface area (Å²) in [5.74, 6) is 0.397. The Morgan fingerprint density at radius 3 is 2.62 bits per heavy atom. The highest BCUT2D eigenvalue weighted by molar-refractivity contribution is 7.84. The molecule has 0 bridgehead atoms. The van der Waals surface area contributed by atoms with Gasteiger partial charge in [0.1, 0.15) is 11.3 Å². The fourth-order valence-corrected chi connectivity index (χ4v) is 7.18. The summed E-state index contributed by atoms with van der Waals surface area (Å²) >= 11 is 0. The van der Waals surface area contributed by atoms with Gasteiger partial charge in [0.25, 0.3) is 0 Å². The van der Waals surface area contributed by atoms with Crippen LogP contribution >= 0.6 is 0 Å². The van der Waals surface area contributed by atoms with Gasteiger partial charge in [-0.15, -0.1) is 0 Å². The fraction of sp³-hybridized carbons (Fsp3) is 0.433. The number of piperidine rings is 1. The normalized spacial score (nSPS) is 19.4. The maximum atomic E-state index is 14.8. The van der Waals surface area contributed by atoms with Crippen LogP contribution in [-0.4, -0.2) is 46.7 Å². The van der Waals surface area contributed by atoms with Gasteiger partial charge in [-0.2, -0.15) is 5.10 Å². The van der Waals surface area contributed by atoms with Crippen LogP contribution in [0, 0.1) is 18.2 Å². The van der Waals surface area contributed by atoms with Crippen molar-refractivity contribution >= 4 is 22.3 Å². The molecule has 1 unspecified atom stereocenters. The summed E-state index contributed by atoms with van der Waals surface area (Å²) in [6, 6.07) is 10.6. The summed E-state index contributed by atoms with van der Waals surface area (Å²) in [5.41, 5.74) is 5.11. The molecule has 1 saturated heterocycles. The van der Waals surface area contributed by atoms with Crippen molar-refractivity contribution in [1.82, 2.24) is 24.3 Å². The van der Waals surface area contributed by atoms with E-state index in [1.165, 1.54) is 6.07 Å². The third kappa shape index (κ3) is 4.42. The van der Waals surface area contributed by atoms with Crippen LogP contribution < -0.4 is 9.62 Å². The van der Waals surface area contributed by atoms with E-state index in [4.69, 9.17) is 4.98 Å². The second kappa shape index (κ2) is 10.0. The molecule has 40 heavy (non-hydrogen) atoms. The minimum atomic E-state index is -1.22. The van der Waals surface area contributed by atoms with E-state index in [-0.39, 0.29) is 28.6 Å². The standard InChI is InChI=1S/C30H35FN6O2S/c1-19-25(21-8-5-6-10-23(21)31)37-26(20(18-38)17-33-37)28(34-19)36-14-11-30(12-15-36)16-24-22(9-7-13-32-24)27(30)35-40(39)29(2,3)4/h5-10,13,17,27,35,38H,11-12,14-16,18H2,1-4H3/t27-,40?/m1/s1. The number of aliphatic hydroxyl groups is 1. The highest BCUT2D eigenvalue weighted by atomic mass is 32.2. The van der Waals surface area contributed by atoms with Crippen molar-refractivity contribution in [1.29, 1.82) is 0 Å². The third-order valence-electron chi connectivity index (χ3n) is 8.39. The largest absolute Gasteiger partial charge is 0.392 e. The van der Waals surface area contributed by atoms with E-state index in [0.29, 0.717) is 28.0 Å². The zero-order chi connectivity index (χ0) is 28.2. The topological polar surface area (TPSA) is 95.7 Å². The number of anilines is 1. The van der Waals surface area contributed by atoms with Gasteiger partial charge in [-0.3, -0.25) is 4.98 Å². The maximum Gasteiger partial charge on any atom is 0.155 e. The highest BCUT2D eigenvalue weighted by Crippen LogP contribution is 2.52. The van der Waals surface area contributed by atoms with Crippen LogP contribution in [0.3, 0.4) is 0 Å². The Hall–Kier alpha value is -3.21. The molecule has 2 aliphatic rings. The van der Waals surface area contributed by atoms with Crippen molar-refractivity contribution in [3.63, 3.8) is 0 Å². The first-order chi connectivity index (χ1) is 19.1. The van der Waals surface area contributed by atoms with Crippen LogP contribution in [0.5, 0.6) is 0 Å². The molecule has 4 heterocycles. The molecule has 0 amide bonds. The molecule has 4 aromatic rings. The summed E-state index contributed by atoms with van der Waals surface area (Å²) in [7, 11) is -1.22. The number of nitrogens with one attached hydrogen (secondary N) is 1. The molecule has 2 N–H and O–H groups in total. The lowest BCUT2D eigenvalue weighted by molar-refractivity contribution is 0.177. The third-order valence-corrected chi connectivity index (χ3v) is 9.95. The van der Waals surface area contributed by atoms with Crippen LogP contribution in [-0.2, 0) is 24.0 Å². The first kappa shape index (κ1) is 27.0. The predicted molar refractivity (Wildman–Crippen MR) is 155 cm³/mol. The van der Waals surface area contributed by atoms with Gasteiger partial charge < -0.3 is 10.0 Å². The number of rotatable bonds is 5. The maximum absolute atomic E-state index is 14.8. The monoisotopic (exact) mass is 562 g/mol. The number of benzene rings is 1. The Labute approximate surface area is 236 Å². The minimum Gasteiger partial charge on any atom is -0.392 e. The molecule has 1 spiro atoms. The molecule has 1 aliphatic carbocycles. The zero-order valence-corrected chi connectivity index (χ0v) is 24.1. The number of nitrogens with zero attached hydrogens (tertiary/aromatic N) is 5. The summed E-state index contributed by atoms with van der Waals surface area (Å²) in [4.78, 5) is 11.9. The van der Waals surface area contributed by atoms with Gasteiger partial charge in [0.05, 0.1) is 46.0 Å². The summed E-state index contributed by atoms with van der Waals surface area (Å²) in [6.07, 6.45) is 6.01. The molecule has 0 radical (unpaired) electrons. The number of aliphatic hydroxyl groups excluding tert-OH is 1. The van der Waals surface area contributed by atoms with E-state index >= 15 is 0 Å². The van der Waals surface area contributed by atoms with E-state index in [0.717, 1.165) is 49.4 Å². The van der Waals surface area contributed by atoms with E-state index < -0.39 is 11.0 Å². The second-order valence-electron chi connectivity index (χ2n) is 11.9. The van der Waals surface area contributed by atoms with Crippen LogP contribution in [0.15, 0.2) is 48.8 Å². The molecule has 1 aromatic carbocycles. The predicted octanol–water partition coefficient (Wildman–Crippen LogP) is 4.67. The molecule has 3 aromatic heterocycles. The highest BCUT2D eigenvalue weighted by Gasteiger charge is 2.49. The number of halogens is 1. The van der Waals surface area contributed by atoms with E-state index in [1.807, 2.05) is 40.0 Å². The molecule has 10 heteroatoms. The van der Waals surface area contributed by atoms with Gasteiger partial charge in [0.2, 0.25) is 0 Å². The average molecular weight is 563 g/mol. The smallest absolute Gasteiger partial charge is 0.155 e. The van der Waals surface area contributed by atoms with Crippen molar-refractivity contribution in [2.45, 2.75) is 64.4 Å². The number of hydrogen-bond donors (Lipinski definition) is 2. The number of fused-ring (bicyclic) bond motifs is 2. The fourth-order valence-electron chi connectivity index (χ4n) is 6.23. The SMILES string of the molecule is Cc1nc(N2CCC3(CC2)Cc2ncccc2[C@H]3NS(=O)C(C)(C)C)c2c(CO)cnn2c1-c1ccccc1F. The van der Waals surface area contributed by atoms with Gasteiger partial charge in [-0.1, -0.05) is 18.2 Å². The molecule has 2 atom stereocenters. The molecule has 6 rings (SSSR count). The first-order valence-electron chi connectivity index (χ1n) is 13.7. The summed E-state index contributed by atoms with van der Waals surface area (Å²) in [5, 5.41) is 14.7. The number of aromatic nitrogens is 4. The number of aryl methyl sites for hydroxylation is 1. The van der Waals surface area contributed by atoms with Crippen molar-refractivity contribution in [2.24, 2.45) is 5.41 Å². The van der Waals surface area contributed by atoms with Gasteiger partial charge in [-0.25, -0.2) is 22.8 Å². The van der Waals surface area contributed by atoms with E-state index in [1.54, 1.807) is 28.9 Å². The molecule has 210 valence electrons. The van der Waals surface area contributed by atoms with E-state index in [2.05, 4.69) is 25.8 Å². The van der Waals surface area contributed by atoms with Gasteiger partial charge in [-0.05, 0) is 76.1 Å². The Kier molecular flexibility index (Phi) is 6.75. The van der Waals surface area contributed by atoms with Crippen LogP contribution in [0.4, 0.5) is 10.2 Å². The van der Waals surface area contributed by atoms with Crippen LogP contribution in [0.1, 0.15) is 62.2 Å². The van der Waals surface area contributed by atoms with Crippen LogP contribution in [0.25, 0.3) is 16.8 Å². The zero-order valence-electron chi connectivity index (χ0n) is 23.3. The van der Waals surface area contributed by atoms with Crippen molar-refractivity contribution in [2.75, 3.05) is 18.0 Å². The molecular weight excluding hydrogens is 527 g/mol. The van der Waals surface area contributed by atoms with Crippen molar-refractivity contribution in [3.8, 4) is 11.3 Å². The number of pyridine rings is 1. The van der Waals surface area contributed by atoms with Crippen LogP contribution in [0.2, 0.25) is 0 Å². The Morgan fingerprint density at radius 1 is 1.18 bits per heavy atom. The van der Waals surface area contributed by atoms with E-state index in [9.17, 15) is 13.7 Å². The van der Waals surface area contributed by atoms with Gasteiger partial charge in [0, 0.05) is 36.1 Å². The van der Waals surface area contributed by atoms with Gasteiger partial charge >= 0.3 is 0 Å². The van der Waals surface area contributed by atoms with Crippen molar-refractivity contribution in [3.05, 3.63) is 77.1 Å². The van der Waals surface area contributed by atoms with Crippen molar-refractivity contribution < 1.29 is 13.7 Å². The average Bonchev–Trinajstić information content (AvgIpc) is 3.48. The number of hydrogen-bond acceptors (Lipinski definition) is 6. The molecule has 8 nitrogen and oxygen atoms in total. The lowest BCUT2D eigenvalue weighted by atomic mass is 9.73. The quantitative estimate of drug-likeness (QED) is 0.367. The minimum absolute atomic E-state index is 0.0560. The molecular formula is C30H35FN6O2S. The second-order valence-corrected chi connectivity index (χ2v) is 13.9.